The number of hydrogen-bond donors (Lipinski definition) is 0. The van der Waals surface area contributed by atoms with E-state index in [1.807, 2.05) is 6.92 Å². The highest BCUT2D eigenvalue weighted by Gasteiger charge is 2.06. The molecule has 0 aliphatic heterocycles. The van der Waals surface area contributed by atoms with Crippen molar-refractivity contribution in [1.29, 1.82) is 0 Å². The van der Waals surface area contributed by atoms with Crippen LogP contribution in [-0.2, 0) is 18.2 Å². The first-order chi connectivity index (χ1) is 6.12. The highest BCUT2D eigenvalue weighted by molar-refractivity contribution is 7.84. The fourth-order valence-corrected chi connectivity index (χ4v) is 1.92. The van der Waals surface area contributed by atoms with Crippen molar-refractivity contribution in [3.05, 3.63) is 0 Å². The summed E-state index contributed by atoms with van der Waals surface area (Å²) in [5.41, 5.74) is 0. The molecule has 0 rings (SSSR count). The summed E-state index contributed by atoms with van der Waals surface area (Å²) in [6.07, 6.45) is 0. The quantitative estimate of drug-likeness (QED) is 0.691. The first-order valence-corrected chi connectivity index (χ1v) is 9.73. The molecule has 0 saturated carbocycles. The van der Waals surface area contributed by atoms with Crippen LogP contribution in [0, 0.1) is 0 Å². The summed E-state index contributed by atoms with van der Waals surface area (Å²) in [4.78, 5) is 0. The molecule has 7 heteroatoms. The van der Waals surface area contributed by atoms with Crippen molar-refractivity contribution in [1.82, 2.24) is 0 Å². The van der Waals surface area contributed by atoms with Crippen molar-refractivity contribution in [2.24, 2.45) is 0 Å². The van der Waals surface area contributed by atoms with E-state index in [9.17, 15) is 9.13 Å². The van der Waals surface area contributed by atoms with Gasteiger partial charge in [-0.2, -0.15) is 0 Å². The van der Waals surface area contributed by atoms with Gasteiger partial charge in [-0.15, -0.1) is 0 Å². The van der Waals surface area contributed by atoms with Crippen molar-refractivity contribution >= 4 is 25.3 Å². The first-order valence-electron chi connectivity index (χ1n) is 4.23. The van der Waals surface area contributed by atoms with Crippen LogP contribution in [0.4, 0.5) is 0 Å². The lowest BCUT2D eigenvalue weighted by Crippen LogP contribution is -1.82. The Labute approximate surface area is 106 Å². The molecule has 0 spiro atoms. The molecule has 0 bridgehead atoms. The van der Waals surface area contributed by atoms with Crippen molar-refractivity contribution in [2.75, 3.05) is 33.2 Å². The van der Waals surface area contributed by atoms with Crippen molar-refractivity contribution in [3.63, 3.8) is 0 Å². The third-order valence-corrected chi connectivity index (χ3v) is 2.69. The van der Waals surface area contributed by atoms with E-state index < -0.39 is 14.1 Å². The van der Waals surface area contributed by atoms with Gasteiger partial charge >= 0.3 is 0 Å². The molecule has 0 aromatic rings. The van der Waals surface area contributed by atoms with Crippen LogP contribution in [0.15, 0.2) is 0 Å². The zero-order chi connectivity index (χ0) is 11.8. The Morgan fingerprint density at radius 3 is 1.25 bits per heavy atom. The maximum atomic E-state index is 10.6. The van der Waals surface area contributed by atoms with Crippen LogP contribution < -0.4 is 0 Å². The Bertz CT molecular complexity index is 198. The van der Waals surface area contributed by atoms with E-state index in [0.717, 1.165) is 0 Å². The Morgan fingerprint density at radius 1 is 0.938 bits per heavy atom. The standard InChI is InChI=1S/C4H11O2P.C3H8ClO2P.2CH4/c1-4-6-7(2,3)5;1-3-6-7(2,4)5;;/h4H2,1-3H3;3H2,1-2H3;2*1H4. The Kier molecular flexibility index (Phi) is 19.3. The molecule has 0 aliphatic carbocycles. The summed E-state index contributed by atoms with van der Waals surface area (Å²) in [6.45, 7) is 6.44. The SMILES string of the molecule is C.C.CCOP(C)(=O)Cl.CCOP(C)(C)=O. The normalized spacial score (nSPS) is 13.4. The second kappa shape index (κ2) is 12.1. The molecule has 0 saturated heterocycles. The molecule has 0 N–H and O–H groups in total. The smallest absolute Gasteiger partial charge is 0.287 e. The topological polar surface area (TPSA) is 52.6 Å². The van der Waals surface area contributed by atoms with Crippen LogP contribution in [0.25, 0.3) is 0 Å². The second-order valence-corrected chi connectivity index (χ2v) is 9.19. The summed E-state index contributed by atoms with van der Waals surface area (Å²) < 4.78 is 30.3. The van der Waals surface area contributed by atoms with E-state index >= 15 is 0 Å². The Hall–Kier alpha value is 0.670. The van der Waals surface area contributed by atoms with E-state index in [1.165, 1.54) is 6.66 Å². The molecule has 0 fully saturated rings. The third kappa shape index (κ3) is 36.5. The van der Waals surface area contributed by atoms with E-state index in [-0.39, 0.29) is 14.9 Å². The zero-order valence-corrected chi connectivity index (χ0v) is 11.9. The molecular formula is C9H27ClO4P2. The highest BCUT2D eigenvalue weighted by atomic mass is 35.7. The van der Waals surface area contributed by atoms with Gasteiger partial charge in [-0.3, -0.25) is 9.13 Å². The summed E-state index contributed by atoms with van der Waals surface area (Å²) >= 11 is 5.17. The largest absolute Gasteiger partial charge is 0.329 e. The summed E-state index contributed by atoms with van der Waals surface area (Å²) in [7, 11) is -2.17. The van der Waals surface area contributed by atoms with E-state index in [2.05, 4.69) is 4.52 Å². The maximum absolute atomic E-state index is 10.6. The van der Waals surface area contributed by atoms with Gasteiger partial charge in [-0.25, -0.2) is 0 Å². The lowest BCUT2D eigenvalue weighted by Gasteiger charge is -2.02. The summed E-state index contributed by atoms with van der Waals surface area (Å²) in [5.74, 6) is 0. The third-order valence-electron chi connectivity index (χ3n) is 0.800. The molecule has 0 radical (unpaired) electrons. The molecule has 0 aliphatic rings. The molecule has 16 heavy (non-hydrogen) atoms. The van der Waals surface area contributed by atoms with Gasteiger partial charge in [0.15, 0.2) is 7.37 Å². The van der Waals surface area contributed by atoms with E-state index in [4.69, 9.17) is 15.8 Å². The van der Waals surface area contributed by atoms with Crippen LogP contribution >= 0.6 is 25.3 Å². The van der Waals surface area contributed by atoms with Gasteiger partial charge < -0.3 is 9.05 Å². The van der Waals surface area contributed by atoms with Crippen LogP contribution in [0.1, 0.15) is 28.7 Å². The molecular weight excluding hydrogens is 269 g/mol. The molecule has 0 aromatic carbocycles. The van der Waals surface area contributed by atoms with Crippen LogP contribution in [0.3, 0.4) is 0 Å². The lowest BCUT2D eigenvalue weighted by atomic mass is 10.9. The maximum Gasteiger partial charge on any atom is 0.287 e. The highest BCUT2D eigenvalue weighted by Crippen LogP contribution is 2.47. The second-order valence-electron chi connectivity index (χ2n) is 2.83. The average molecular weight is 297 g/mol. The molecule has 4 nitrogen and oxygen atoms in total. The van der Waals surface area contributed by atoms with Gasteiger partial charge in [0.1, 0.15) is 0 Å². The minimum Gasteiger partial charge on any atom is -0.329 e. The minimum absolute atomic E-state index is 0. The van der Waals surface area contributed by atoms with Crippen LogP contribution in [0.5, 0.6) is 0 Å². The fraction of sp³-hybridized carbons (Fsp3) is 1.00. The molecule has 104 valence electrons. The van der Waals surface area contributed by atoms with Gasteiger partial charge in [-0.05, 0) is 25.1 Å². The summed E-state index contributed by atoms with van der Waals surface area (Å²) in [6, 6.07) is 0. The summed E-state index contributed by atoms with van der Waals surface area (Å²) in [5, 5.41) is 0. The van der Waals surface area contributed by atoms with Crippen LogP contribution in [0.2, 0.25) is 0 Å². The monoisotopic (exact) mass is 296 g/mol. The zero-order valence-electron chi connectivity index (χ0n) is 9.32. The van der Waals surface area contributed by atoms with E-state index in [0.29, 0.717) is 13.2 Å². The fourth-order valence-electron chi connectivity index (χ4n) is 0.542. The van der Waals surface area contributed by atoms with E-state index in [1.54, 1.807) is 20.3 Å². The predicted octanol–water partition coefficient (Wildman–Crippen LogP) is 4.92. The molecule has 1 unspecified atom stereocenters. The molecule has 0 aromatic heterocycles. The molecule has 0 amide bonds. The van der Waals surface area contributed by atoms with Gasteiger partial charge in [-0.1, -0.05) is 14.9 Å². The number of hydrogen-bond acceptors (Lipinski definition) is 4. The molecule has 0 heterocycles. The average Bonchev–Trinajstić information content (AvgIpc) is 1.81. The molecule has 1 atom stereocenters. The Morgan fingerprint density at radius 2 is 1.25 bits per heavy atom. The Balaban J connectivity index is -0.0000000800. The van der Waals surface area contributed by atoms with Gasteiger partial charge in [0.2, 0.25) is 0 Å². The lowest BCUT2D eigenvalue weighted by molar-refractivity contribution is 0.341. The first kappa shape index (κ1) is 25.5. The van der Waals surface area contributed by atoms with Crippen molar-refractivity contribution in [2.45, 2.75) is 28.7 Å². The van der Waals surface area contributed by atoms with Crippen LogP contribution in [-0.4, -0.2) is 33.2 Å². The van der Waals surface area contributed by atoms with Crippen molar-refractivity contribution in [3.8, 4) is 0 Å². The van der Waals surface area contributed by atoms with Gasteiger partial charge in [0.05, 0.1) is 13.2 Å². The number of halogens is 1. The minimum atomic E-state index is -2.69. The van der Waals surface area contributed by atoms with Gasteiger partial charge in [0.25, 0.3) is 6.72 Å². The van der Waals surface area contributed by atoms with Crippen molar-refractivity contribution < 1.29 is 18.2 Å². The number of rotatable bonds is 4. The van der Waals surface area contributed by atoms with Gasteiger partial charge in [0, 0.05) is 20.0 Å². The predicted molar refractivity (Wildman–Crippen MR) is 75.6 cm³/mol.